The Bertz CT molecular complexity index is 160. The van der Waals surface area contributed by atoms with Crippen molar-refractivity contribution in [3.63, 3.8) is 0 Å². The minimum Gasteiger partial charge on any atom is -0.396 e. The van der Waals surface area contributed by atoms with Crippen molar-refractivity contribution >= 4 is 5.91 Å². The Balaban J connectivity index is 3.83. The van der Waals surface area contributed by atoms with Crippen LogP contribution < -0.4 is 10.6 Å². The first-order valence-electron chi connectivity index (χ1n) is 5.22. The van der Waals surface area contributed by atoms with Gasteiger partial charge in [0.25, 0.3) is 0 Å². The van der Waals surface area contributed by atoms with Gasteiger partial charge >= 0.3 is 0 Å². The third-order valence-electron chi connectivity index (χ3n) is 2.13. The summed E-state index contributed by atoms with van der Waals surface area (Å²) in [5, 5.41) is 14.7. The van der Waals surface area contributed by atoms with Crippen LogP contribution in [-0.2, 0) is 4.79 Å². The summed E-state index contributed by atoms with van der Waals surface area (Å²) in [6, 6.07) is 0.0751. The molecule has 1 unspecified atom stereocenters. The smallest absolute Gasteiger partial charge is 0.234 e. The van der Waals surface area contributed by atoms with Crippen molar-refractivity contribution in [2.75, 3.05) is 19.7 Å². The maximum Gasteiger partial charge on any atom is 0.234 e. The summed E-state index contributed by atoms with van der Waals surface area (Å²) in [7, 11) is 0. The maximum atomic E-state index is 11.3. The molecule has 0 radical (unpaired) electrons. The van der Waals surface area contributed by atoms with E-state index in [0.717, 1.165) is 6.54 Å². The van der Waals surface area contributed by atoms with Crippen LogP contribution >= 0.6 is 0 Å². The van der Waals surface area contributed by atoms with E-state index in [0.29, 0.717) is 18.9 Å². The molecule has 0 aromatic heterocycles. The number of aliphatic hydroxyl groups excluding tert-OH is 1. The summed E-state index contributed by atoms with van der Waals surface area (Å²) in [5.41, 5.74) is 0. The van der Waals surface area contributed by atoms with Crippen molar-refractivity contribution in [3.05, 3.63) is 0 Å². The summed E-state index contributed by atoms with van der Waals surface area (Å²) >= 11 is 0. The van der Waals surface area contributed by atoms with Crippen LogP contribution in [0, 0.1) is 5.92 Å². The van der Waals surface area contributed by atoms with Crippen LogP contribution in [0.2, 0.25) is 0 Å². The standard InChI is InChI=1S/C10H22N2O2/c1-4-11-7-10(14)12-9(5-6-13)8(2)3/h8-9,11,13H,4-7H2,1-3H3,(H,12,14). The van der Waals surface area contributed by atoms with E-state index >= 15 is 0 Å². The molecule has 0 aliphatic rings. The Morgan fingerprint density at radius 1 is 1.43 bits per heavy atom. The lowest BCUT2D eigenvalue weighted by Gasteiger charge is -2.21. The minimum absolute atomic E-state index is 0.000926. The zero-order valence-electron chi connectivity index (χ0n) is 9.34. The molecule has 0 saturated carbocycles. The number of rotatable bonds is 7. The molecular weight excluding hydrogens is 180 g/mol. The van der Waals surface area contributed by atoms with Gasteiger partial charge in [-0.05, 0) is 18.9 Å². The van der Waals surface area contributed by atoms with E-state index in [-0.39, 0.29) is 18.6 Å². The highest BCUT2D eigenvalue weighted by atomic mass is 16.3. The Hall–Kier alpha value is -0.610. The third kappa shape index (κ3) is 5.94. The molecule has 0 aliphatic heterocycles. The first-order chi connectivity index (χ1) is 6.61. The van der Waals surface area contributed by atoms with Crippen molar-refractivity contribution < 1.29 is 9.90 Å². The Morgan fingerprint density at radius 2 is 2.07 bits per heavy atom. The van der Waals surface area contributed by atoms with Crippen molar-refractivity contribution in [1.29, 1.82) is 0 Å². The van der Waals surface area contributed by atoms with Crippen molar-refractivity contribution in [1.82, 2.24) is 10.6 Å². The molecule has 0 fully saturated rings. The molecule has 0 bridgehead atoms. The van der Waals surface area contributed by atoms with Gasteiger partial charge in [-0.1, -0.05) is 20.8 Å². The highest BCUT2D eigenvalue weighted by Gasteiger charge is 2.14. The van der Waals surface area contributed by atoms with Crippen LogP contribution in [0.5, 0.6) is 0 Å². The van der Waals surface area contributed by atoms with Gasteiger partial charge in [-0.3, -0.25) is 4.79 Å². The molecule has 3 N–H and O–H groups in total. The van der Waals surface area contributed by atoms with Gasteiger partial charge in [0.15, 0.2) is 0 Å². The van der Waals surface area contributed by atoms with Gasteiger partial charge < -0.3 is 15.7 Å². The number of hydrogen-bond donors (Lipinski definition) is 3. The normalized spacial score (nSPS) is 12.9. The van der Waals surface area contributed by atoms with E-state index < -0.39 is 0 Å². The second-order valence-electron chi connectivity index (χ2n) is 3.71. The molecule has 0 heterocycles. The van der Waals surface area contributed by atoms with E-state index in [1.165, 1.54) is 0 Å². The lowest BCUT2D eigenvalue weighted by molar-refractivity contribution is -0.121. The molecular formula is C10H22N2O2. The SMILES string of the molecule is CCNCC(=O)NC(CCO)C(C)C. The van der Waals surface area contributed by atoms with Crippen LogP contribution in [-0.4, -0.2) is 36.8 Å². The number of amides is 1. The molecule has 0 aliphatic carbocycles. The topological polar surface area (TPSA) is 61.4 Å². The number of carbonyl (C=O) groups excluding carboxylic acids is 1. The molecule has 4 nitrogen and oxygen atoms in total. The monoisotopic (exact) mass is 202 g/mol. The number of hydrogen-bond acceptors (Lipinski definition) is 3. The van der Waals surface area contributed by atoms with E-state index in [1.807, 2.05) is 20.8 Å². The average molecular weight is 202 g/mol. The molecule has 1 atom stereocenters. The van der Waals surface area contributed by atoms with Gasteiger partial charge in [-0.2, -0.15) is 0 Å². The minimum atomic E-state index is -0.000926. The van der Waals surface area contributed by atoms with Gasteiger partial charge in [0.2, 0.25) is 5.91 Å². The van der Waals surface area contributed by atoms with Gasteiger partial charge in [-0.15, -0.1) is 0 Å². The number of aliphatic hydroxyl groups is 1. The van der Waals surface area contributed by atoms with E-state index in [1.54, 1.807) is 0 Å². The summed E-state index contributed by atoms with van der Waals surface area (Å²) in [6.45, 7) is 7.29. The highest BCUT2D eigenvalue weighted by molar-refractivity contribution is 5.78. The molecule has 0 spiro atoms. The molecule has 14 heavy (non-hydrogen) atoms. The van der Waals surface area contributed by atoms with Crippen LogP contribution in [0.3, 0.4) is 0 Å². The predicted octanol–water partition coefficient (Wildman–Crippen LogP) is 0.119. The molecule has 0 saturated heterocycles. The lowest BCUT2D eigenvalue weighted by atomic mass is 10.0. The third-order valence-corrected chi connectivity index (χ3v) is 2.13. The number of nitrogens with one attached hydrogen (secondary N) is 2. The molecule has 0 rings (SSSR count). The Kier molecular flexibility index (Phi) is 7.42. The molecule has 0 aromatic carbocycles. The average Bonchev–Trinajstić information content (AvgIpc) is 2.14. The van der Waals surface area contributed by atoms with Crippen molar-refractivity contribution in [2.24, 2.45) is 5.92 Å². The summed E-state index contributed by atoms with van der Waals surface area (Å²) in [4.78, 5) is 11.3. The number of carbonyl (C=O) groups is 1. The van der Waals surface area contributed by atoms with Crippen LogP contribution in [0.15, 0.2) is 0 Å². The molecule has 84 valence electrons. The fraction of sp³-hybridized carbons (Fsp3) is 0.900. The summed E-state index contributed by atoms with van der Waals surface area (Å²) in [6.07, 6.45) is 0.621. The van der Waals surface area contributed by atoms with Gasteiger partial charge in [0.05, 0.1) is 6.54 Å². The number of likely N-dealkylation sites (N-methyl/N-ethyl adjacent to an activating group) is 1. The first-order valence-corrected chi connectivity index (χ1v) is 5.22. The van der Waals surface area contributed by atoms with Crippen LogP contribution in [0.4, 0.5) is 0 Å². The maximum absolute atomic E-state index is 11.3. The summed E-state index contributed by atoms with van der Waals surface area (Å²) < 4.78 is 0. The Labute approximate surface area is 86.1 Å². The largest absolute Gasteiger partial charge is 0.396 e. The molecule has 1 amide bonds. The first kappa shape index (κ1) is 13.4. The summed E-state index contributed by atoms with van der Waals surface area (Å²) in [5.74, 6) is 0.353. The second-order valence-corrected chi connectivity index (χ2v) is 3.71. The van der Waals surface area contributed by atoms with Gasteiger partial charge in [-0.25, -0.2) is 0 Å². The Morgan fingerprint density at radius 3 is 2.50 bits per heavy atom. The second kappa shape index (κ2) is 7.76. The van der Waals surface area contributed by atoms with Crippen LogP contribution in [0.1, 0.15) is 27.2 Å². The van der Waals surface area contributed by atoms with E-state index in [4.69, 9.17) is 5.11 Å². The fourth-order valence-corrected chi connectivity index (χ4v) is 1.21. The predicted molar refractivity (Wildman–Crippen MR) is 57.0 cm³/mol. The molecule has 4 heteroatoms. The van der Waals surface area contributed by atoms with Crippen molar-refractivity contribution in [2.45, 2.75) is 33.2 Å². The highest BCUT2D eigenvalue weighted by Crippen LogP contribution is 2.04. The van der Waals surface area contributed by atoms with Crippen LogP contribution in [0.25, 0.3) is 0 Å². The van der Waals surface area contributed by atoms with Gasteiger partial charge in [0.1, 0.15) is 0 Å². The van der Waals surface area contributed by atoms with Gasteiger partial charge in [0, 0.05) is 12.6 Å². The zero-order valence-corrected chi connectivity index (χ0v) is 9.34. The lowest BCUT2D eigenvalue weighted by Crippen LogP contribution is -2.43. The fourth-order valence-electron chi connectivity index (χ4n) is 1.21. The van der Waals surface area contributed by atoms with Crippen molar-refractivity contribution in [3.8, 4) is 0 Å². The van der Waals surface area contributed by atoms with E-state index in [2.05, 4.69) is 10.6 Å². The zero-order chi connectivity index (χ0) is 11.0. The quantitative estimate of drug-likeness (QED) is 0.549. The van der Waals surface area contributed by atoms with E-state index in [9.17, 15) is 4.79 Å². The molecule has 0 aromatic rings.